The van der Waals surface area contributed by atoms with Gasteiger partial charge in [-0.3, -0.25) is 4.79 Å². The highest BCUT2D eigenvalue weighted by Crippen LogP contribution is 2.56. The summed E-state index contributed by atoms with van der Waals surface area (Å²) in [6.07, 6.45) is 0.159. The molecule has 0 spiro atoms. The highest BCUT2D eigenvalue weighted by Gasteiger charge is 2.63. The second-order valence-corrected chi connectivity index (χ2v) is 13.5. The van der Waals surface area contributed by atoms with Gasteiger partial charge in [-0.05, 0) is 28.6 Å². The molecule has 2 aromatic rings. The third-order valence-electron chi connectivity index (χ3n) is 6.48. The number of benzene rings is 2. The summed E-state index contributed by atoms with van der Waals surface area (Å²) in [5.74, 6) is 0.513. The molecule has 1 saturated heterocycles. The van der Waals surface area contributed by atoms with Crippen LogP contribution in [-0.2, 0) is 4.43 Å². The van der Waals surface area contributed by atoms with E-state index in [0.29, 0.717) is 5.92 Å². The van der Waals surface area contributed by atoms with Gasteiger partial charge in [-0.2, -0.15) is 0 Å². The van der Waals surface area contributed by atoms with Crippen molar-refractivity contribution in [2.24, 2.45) is 11.8 Å². The zero-order valence-electron chi connectivity index (χ0n) is 17.4. The van der Waals surface area contributed by atoms with Gasteiger partial charge in [0.15, 0.2) is 5.78 Å². The average Bonchev–Trinajstić information content (AvgIpc) is 2.94. The first-order chi connectivity index (χ1) is 12.7. The normalized spacial score (nSPS) is 29.5. The molecule has 144 valence electrons. The lowest BCUT2D eigenvalue weighted by molar-refractivity contribution is 0.0911. The molecule has 1 heterocycles. The number of rotatable bonds is 4. The van der Waals surface area contributed by atoms with Crippen molar-refractivity contribution in [3.8, 4) is 0 Å². The minimum absolute atomic E-state index is 0.0106. The number of hydrogen-bond acceptors (Lipinski definition) is 2. The maximum atomic E-state index is 13.4. The number of Topliss-reactive ketones (excluding diaryl/α,β-unsaturated/α-hetero) is 1. The molecule has 0 amide bonds. The van der Waals surface area contributed by atoms with Crippen molar-refractivity contribution in [2.75, 3.05) is 0 Å². The molecule has 27 heavy (non-hydrogen) atoms. The fraction of sp³-hybridized carbons (Fsp3) is 0.458. The van der Waals surface area contributed by atoms with Gasteiger partial charge >= 0.3 is 0 Å². The van der Waals surface area contributed by atoms with E-state index in [0.717, 1.165) is 5.56 Å². The smallest absolute Gasteiger partial charge is 0.233 e. The quantitative estimate of drug-likeness (QED) is 0.511. The summed E-state index contributed by atoms with van der Waals surface area (Å²) < 4.78 is 6.92. The Labute approximate surface area is 165 Å². The molecule has 3 heteroatoms. The Morgan fingerprint density at radius 1 is 0.963 bits per heavy atom. The molecule has 0 saturated carbocycles. The summed E-state index contributed by atoms with van der Waals surface area (Å²) in [6, 6.07) is 20.4. The number of carbonyl (C=O) groups is 1. The molecular formula is C24H32O2Si. The summed E-state index contributed by atoms with van der Waals surface area (Å²) >= 11 is 0. The van der Waals surface area contributed by atoms with Crippen molar-refractivity contribution >= 4 is 19.3 Å². The minimum atomic E-state index is -2.45. The van der Waals surface area contributed by atoms with Gasteiger partial charge in [0.1, 0.15) is 0 Å². The minimum Gasteiger partial charge on any atom is -0.409 e. The van der Waals surface area contributed by atoms with Crippen LogP contribution in [0.2, 0.25) is 10.6 Å². The fourth-order valence-electron chi connectivity index (χ4n) is 5.03. The molecule has 1 aliphatic heterocycles. The summed E-state index contributed by atoms with van der Waals surface area (Å²) in [6.45, 7) is 13.5. The molecule has 3 rings (SSSR count). The topological polar surface area (TPSA) is 26.3 Å². The van der Waals surface area contributed by atoms with Crippen LogP contribution in [0.3, 0.4) is 0 Å². The van der Waals surface area contributed by atoms with Crippen LogP contribution in [0.4, 0.5) is 0 Å². The highest BCUT2D eigenvalue weighted by atomic mass is 28.4. The Morgan fingerprint density at radius 3 is 2.00 bits per heavy atom. The standard InChI is InChI=1S/C24H32O2Si/c1-17-19(3)26-27(24(4,5)6,21-15-11-8-12-16-21)23(17)18(2)22(25)20-13-9-7-10-14-20/h7-19,23H,1-6H3/t17-,18-,19-,23+,27-/m0/s1. The van der Waals surface area contributed by atoms with E-state index in [9.17, 15) is 4.79 Å². The summed E-state index contributed by atoms with van der Waals surface area (Å²) in [7, 11) is -2.45. The predicted molar refractivity (Wildman–Crippen MR) is 115 cm³/mol. The van der Waals surface area contributed by atoms with Gasteiger partial charge in [-0.25, -0.2) is 0 Å². The second-order valence-electron chi connectivity index (χ2n) is 9.08. The number of carbonyl (C=O) groups excluding carboxylic acids is 1. The summed E-state index contributed by atoms with van der Waals surface area (Å²) in [5.41, 5.74) is 1.05. The molecule has 0 bridgehead atoms. The second kappa shape index (κ2) is 7.37. The highest BCUT2D eigenvalue weighted by molar-refractivity contribution is 6.91. The van der Waals surface area contributed by atoms with E-state index in [1.54, 1.807) is 0 Å². The van der Waals surface area contributed by atoms with Crippen molar-refractivity contribution in [1.29, 1.82) is 0 Å². The Balaban J connectivity index is 2.13. The van der Waals surface area contributed by atoms with E-state index in [4.69, 9.17) is 4.43 Å². The number of ketones is 1. The van der Waals surface area contributed by atoms with Crippen molar-refractivity contribution in [3.05, 3.63) is 66.2 Å². The zero-order valence-corrected chi connectivity index (χ0v) is 18.4. The molecule has 0 unspecified atom stereocenters. The monoisotopic (exact) mass is 380 g/mol. The summed E-state index contributed by atoms with van der Waals surface area (Å²) in [5, 5.41) is 1.30. The lowest BCUT2D eigenvalue weighted by Gasteiger charge is -2.45. The molecule has 2 nitrogen and oxygen atoms in total. The van der Waals surface area contributed by atoms with Crippen molar-refractivity contribution in [1.82, 2.24) is 0 Å². The number of hydrogen-bond donors (Lipinski definition) is 0. The Hall–Kier alpha value is -1.71. The first-order valence-corrected chi connectivity index (χ1v) is 12.0. The van der Waals surface area contributed by atoms with Gasteiger partial charge in [0.2, 0.25) is 8.32 Å². The van der Waals surface area contributed by atoms with Gasteiger partial charge in [0.05, 0.1) is 0 Å². The fourth-order valence-corrected chi connectivity index (χ4v) is 11.3. The molecular weight excluding hydrogens is 348 g/mol. The average molecular weight is 381 g/mol. The van der Waals surface area contributed by atoms with E-state index in [-0.39, 0.29) is 28.4 Å². The van der Waals surface area contributed by atoms with Crippen LogP contribution >= 0.6 is 0 Å². The first-order valence-electron chi connectivity index (χ1n) is 10.0. The molecule has 2 aromatic carbocycles. The van der Waals surface area contributed by atoms with Crippen LogP contribution in [0.5, 0.6) is 0 Å². The lowest BCUT2D eigenvalue weighted by atomic mass is 9.87. The van der Waals surface area contributed by atoms with Gasteiger partial charge in [-0.1, -0.05) is 95.3 Å². The van der Waals surface area contributed by atoms with Crippen molar-refractivity contribution in [2.45, 2.75) is 58.2 Å². The van der Waals surface area contributed by atoms with Crippen LogP contribution < -0.4 is 5.19 Å². The molecule has 0 radical (unpaired) electrons. The zero-order chi connectivity index (χ0) is 19.8. The third kappa shape index (κ3) is 3.32. The van der Waals surface area contributed by atoms with Crippen LogP contribution in [0.25, 0.3) is 0 Å². The van der Waals surface area contributed by atoms with Gasteiger partial charge in [0.25, 0.3) is 0 Å². The van der Waals surface area contributed by atoms with Crippen LogP contribution in [0.15, 0.2) is 60.7 Å². The Morgan fingerprint density at radius 2 is 1.48 bits per heavy atom. The van der Waals surface area contributed by atoms with E-state index in [1.165, 1.54) is 5.19 Å². The van der Waals surface area contributed by atoms with Crippen molar-refractivity contribution < 1.29 is 9.22 Å². The van der Waals surface area contributed by atoms with E-state index in [2.05, 4.69) is 71.9 Å². The SMILES string of the molecule is C[C@@H]1[C@H]([C@@H](C)C(=O)c2ccccc2)[Si@@](c2ccccc2)(C(C)(C)C)O[C@H]1C. The maximum absolute atomic E-state index is 13.4. The van der Waals surface area contributed by atoms with Crippen LogP contribution in [-0.4, -0.2) is 20.2 Å². The van der Waals surface area contributed by atoms with Gasteiger partial charge in [0, 0.05) is 17.6 Å². The Bertz CT molecular complexity index is 781. The van der Waals surface area contributed by atoms with E-state index >= 15 is 0 Å². The molecule has 5 atom stereocenters. The maximum Gasteiger partial charge on any atom is 0.233 e. The van der Waals surface area contributed by atoms with Gasteiger partial charge in [-0.15, -0.1) is 0 Å². The van der Waals surface area contributed by atoms with E-state index < -0.39 is 8.32 Å². The lowest BCUT2D eigenvalue weighted by Crippen LogP contribution is -2.60. The van der Waals surface area contributed by atoms with E-state index in [1.807, 2.05) is 30.3 Å². The third-order valence-corrected chi connectivity index (χ3v) is 12.6. The van der Waals surface area contributed by atoms with Crippen LogP contribution in [0, 0.1) is 11.8 Å². The Kier molecular flexibility index (Phi) is 5.46. The molecule has 0 N–H and O–H groups in total. The van der Waals surface area contributed by atoms with Crippen LogP contribution in [0.1, 0.15) is 51.9 Å². The molecule has 0 aromatic heterocycles. The molecule has 0 aliphatic carbocycles. The predicted octanol–water partition coefficient (Wildman–Crippen LogP) is 5.58. The largest absolute Gasteiger partial charge is 0.409 e. The molecule has 1 aliphatic rings. The molecule has 1 fully saturated rings. The first kappa shape index (κ1) is 20.0. The van der Waals surface area contributed by atoms with Crippen molar-refractivity contribution in [3.63, 3.8) is 0 Å². The van der Waals surface area contributed by atoms with Gasteiger partial charge < -0.3 is 4.43 Å². The summed E-state index contributed by atoms with van der Waals surface area (Å²) in [4.78, 5) is 13.4.